The minimum absolute atomic E-state index is 0.121. The summed E-state index contributed by atoms with van der Waals surface area (Å²) in [4.78, 5) is 37.5. The molecule has 0 bridgehead atoms. The van der Waals surface area contributed by atoms with Crippen molar-refractivity contribution in [3.63, 3.8) is 0 Å². The molecule has 2 rings (SSSR count). The molecule has 212 valence electrons. The Bertz CT molecular complexity index is 932. The maximum absolute atomic E-state index is 12.8. The van der Waals surface area contributed by atoms with Crippen LogP contribution >= 0.6 is 0 Å². The number of allylic oxidation sites excluding steroid dienone is 1. The zero-order valence-electron chi connectivity index (χ0n) is 22.3. The molecule has 0 radical (unpaired) electrons. The number of carbonyl (C=O) groups is 3. The number of nitrogens with one attached hydrogen (secondary N) is 2. The summed E-state index contributed by atoms with van der Waals surface area (Å²) in [6.07, 6.45) is -3.79. The van der Waals surface area contributed by atoms with Crippen molar-refractivity contribution in [3.05, 3.63) is 48.0 Å². The Balaban J connectivity index is 1.86. The highest BCUT2D eigenvalue weighted by Crippen LogP contribution is 2.18. The van der Waals surface area contributed by atoms with Gasteiger partial charge in [0.05, 0.1) is 6.61 Å². The molecule has 0 saturated carbocycles. The number of ether oxygens (including phenoxy) is 3. The molecule has 11 nitrogen and oxygen atoms in total. The number of methoxy groups -OCH3 is 1. The van der Waals surface area contributed by atoms with Crippen LogP contribution in [0.3, 0.4) is 0 Å². The molecule has 0 spiro atoms. The molecule has 1 fully saturated rings. The van der Waals surface area contributed by atoms with Crippen molar-refractivity contribution in [1.29, 1.82) is 0 Å². The van der Waals surface area contributed by atoms with Gasteiger partial charge in [-0.15, -0.1) is 0 Å². The van der Waals surface area contributed by atoms with Crippen molar-refractivity contribution in [1.82, 2.24) is 10.6 Å². The second-order valence-corrected chi connectivity index (χ2v) is 10.3. The second kappa shape index (κ2) is 14.8. The summed E-state index contributed by atoms with van der Waals surface area (Å²) in [5, 5.41) is 36.1. The van der Waals surface area contributed by atoms with Crippen molar-refractivity contribution in [2.24, 2.45) is 5.41 Å². The molecule has 11 heteroatoms. The normalized spacial score (nSPS) is 21.5. The van der Waals surface area contributed by atoms with Crippen LogP contribution in [-0.2, 0) is 30.2 Å². The van der Waals surface area contributed by atoms with E-state index in [0.717, 1.165) is 12.7 Å². The minimum Gasteiger partial charge on any atom is -0.434 e. The van der Waals surface area contributed by atoms with E-state index in [1.807, 2.05) is 51.1 Å². The molecule has 1 aliphatic heterocycles. The number of rotatable bonds is 11. The summed E-state index contributed by atoms with van der Waals surface area (Å²) in [6.45, 7) is 5.81. The summed E-state index contributed by atoms with van der Waals surface area (Å²) in [5.74, 6) is -1.43. The first-order valence-electron chi connectivity index (χ1n) is 12.7. The fourth-order valence-corrected chi connectivity index (χ4v) is 3.78. The third-order valence-corrected chi connectivity index (χ3v) is 5.90. The van der Waals surface area contributed by atoms with Crippen molar-refractivity contribution >= 4 is 18.0 Å². The fourth-order valence-electron chi connectivity index (χ4n) is 3.78. The van der Waals surface area contributed by atoms with E-state index in [1.165, 1.54) is 6.08 Å². The number of hydrogen-bond acceptors (Lipinski definition) is 9. The predicted molar refractivity (Wildman–Crippen MR) is 138 cm³/mol. The van der Waals surface area contributed by atoms with Gasteiger partial charge in [0.25, 0.3) is 5.91 Å². The molecule has 0 aromatic heterocycles. The van der Waals surface area contributed by atoms with Crippen LogP contribution in [0, 0.1) is 5.41 Å². The largest absolute Gasteiger partial charge is 0.510 e. The van der Waals surface area contributed by atoms with Crippen molar-refractivity contribution < 1.29 is 43.9 Å². The Hall–Kier alpha value is -2.99. The van der Waals surface area contributed by atoms with Crippen molar-refractivity contribution in [2.75, 3.05) is 13.7 Å². The highest BCUT2D eigenvalue weighted by atomic mass is 16.7. The summed E-state index contributed by atoms with van der Waals surface area (Å²) < 4.78 is 15.4. The van der Waals surface area contributed by atoms with Crippen LogP contribution in [0.25, 0.3) is 0 Å². The van der Waals surface area contributed by atoms with E-state index in [4.69, 9.17) is 14.2 Å². The topological polar surface area (TPSA) is 164 Å². The highest BCUT2D eigenvalue weighted by Gasteiger charge is 2.37. The first kappa shape index (κ1) is 31.2. The minimum atomic E-state index is -1.77. The maximum atomic E-state index is 12.8. The first-order valence-corrected chi connectivity index (χ1v) is 12.7. The quantitative estimate of drug-likeness (QED) is 0.206. The Kier molecular flexibility index (Phi) is 12.2. The van der Waals surface area contributed by atoms with Crippen LogP contribution in [-0.4, -0.2) is 83.7 Å². The third kappa shape index (κ3) is 10.4. The maximum Gasteiger partial charge on any atom is 0.510 e. The lowest BCUT2D eigenvalue weighted by atomic mass is 9.94. The predicted octanol–water partition coefficient (Wildman–Crippen LogP) is 1.19. The van der Waals surface area contributed by atoms with Gasteiger partial charge >= 0.3 is 6.16 Å². The Labute approximate surface area is 223 Å². The van der Waals surface area contributed by atoms with E-state index < -0.39 is 54.7 Å². The third-order valence-electron chi connectivity index (χ3n) is 5.90. The number of aliphatic hydroxyl groups excluding tert-OH is 3. The zero-order chi connectivity index (χ0) is 28.3. The van der Waals surface area contributed by atoms with Crippen LogP contribution in [0.4, 0.5) is 4.79 Å². The number of hydrogen-bond donors (Lipinski definition) is 5. The van der Waals surface area contributed by atoms with Crippen molar-refractivity contribution in [2.45, 2.75) is 83.1 Å². The molecule has 1 aromatic carbocycles. The lowest BCUT2D eigenvalue weighted by molar-refractivity contribution is -0.151. The van der Waals surface area contributed by atoms with Gasteiger partial charge in [0.15, 0.2) is 12.3 Å². The molecule has 2 amide bonds. The van der Waals surface area contributed by atoms with Crippen molar-refractivity contribution in [3.8, 4) is 0 Å². The van der Waals surface area contributed by atoms with E-state index in [0.29, 0.717) is 19.3 Å². The molecular formula is C27H40N2O9. The van der Waals surface area contributed by atoms with Crippen LogP contribution in [0.1, 0.15) is 45.6 Å². The van der Waals surface area contributed by atoms with Crippen LogP contribution in [0.2, 0.25) is 0 Å². The standard InChI is InChI=1S/C27H40N2O9/c1-27(2,3)15-13-19(30)21(31)22(32)23(36-4)25(34)28-18-11-8-12-20(29-24(18)33)38-26(35)37-16-14-17-9-6-5-7-10-17/h5-7,9-10,13,15,18-23,30-32H,8,11-12,14,16H2,1-4H3,(H,28,34)(H,29,33)/b15-13+. The van der Waals surface area contributed by atoms with Gasteiger partial charge < -0.3 is 40.2 Å². The zero-order valence-corrected chi connectivity index (χ0v) is 22.3. The molecule has 1 aromatic rings. The molecule has 1 saturated heterocycles. The van der Waals surface area contributed by atoms with Crippen LogP contribution in [0.15, 0.2) is 42.5 Å². The number of amides is 2. The van der Waals surface area contributed by atoms with Gasteiger partial charge in [0.2, 0.25) is 5.91 Å². The number of carbonyl (C=O) groups excluding carboxylic acids is 3. The smallest absolute Gasteiger partial charge is 0.434 e. The van der Waals surface area contributed by atoms with Gasteiger partial charge in [0, 0.05) is 20.0 Å². The molecule has 5 N–H and O–H groups in total. The summed E-state index contributed by atoms with van der Waals surface area (Å²) in [5.41, 5.74) is 0.737. The first-order chi connectivity index (χ1) is 17.9. The molecular weight excluding hydrogens is 496 g/mol. The monoisotopic (exact) mass is 536 g/mol. The fraction of sp³-hybridized carbons (Fsp3) is 0.593. The van der Waals surface area contributed by atoms with E-state index in [9.17, 15) is 29.7 Å². The molecule has 6 unspecified atom stereocenters. The van der Waals surface area contributed by atoms with Crippen LogP contribution < -0.4 is 10.6 Å². The van der Waals surface area contributed by atoms with E-state index >= 15 is 0 Å². The Morgan fingerprint density at radius 3 is 2.45 bits per heavy atom. The molecule has 1 aliphatic rings. The molecule has 6 atom stereocenters. The molecule has 38 heavy (non-hydrogen) atoms. The van der Waals surface area contributed by atoms with Gasteiger partial charge in [-0.25, -0.2) is 4.79 Å². The average molecular weight is 537 g/mol. The SMILES string of the molecule is COC(C(=O)NC1CCCC(OC(=O)OCCc2ccccc2)NC1=O)C(O)C(O)C(O)/C=C/C(C)(C)C. The Morgan fingerprint density at radius 1 is 1.13 bits per heavy atom. The average Bonchev–Trinajstić information content (AvgIpc) is 3.02. The lowest BCUT2D eigenvalue weighted by Crippen LogP contribution is -2.56. The molecule has 0 aliphatic carbocycles. The van der Waals surface area contributed by atoms with Gasteiger partial charge in [-0.2, -0.15) is 0 Å². The number of aliphatic hydroxyl groups is 3. The lowest BCUT2D eigenvalue weighted by Gasteiger charge is -2.28. The van der Waals surface area contributed by atoms with Gasteiger partial charge in [-0.3, -0.25) is 9.59 Å². The summed E-state index contributed by atoms with van der Waals surface area (Å²) >= 11 is 0. The van der Waals surface area contributed by atoms with Crippen LogP contribution in [0.5, 0.6) is 0 Å². The van der Waals surface area contributed by atoms with Gasteiger partial charge in [-0.1, -0.05) is 63.3 Å². The van der Waals surface area contributed by atoms with E-state index in [2.05, 4.69) is 10.6 Å². The Morgan fingerprint density at radius 2 is 1.82 bits per heavy atom. The second-order valence-electron chi connectivity index (χ2n) is 10.3. The van der Waals surface area contributed by atoms with Gasteiger partial charge in [-0.05, 0) is 23.8 Å². The van der Waals surface area contributed by atoms with E-state index in [1.54, 1.807) is 6.08 Å². The summed E-state index contributed by atoms with van der Waals surface area (Å²) in [7, 11) is 1.16. The van der Waals surface area contributed by atoms with E-state index in [-0.39, 0.29) is 18.4 Å². The number of benzene rings is 1. The molecule has 1 heterocycles. The summed E-state index contributed by atoms with van der Waals surface area (Å²) in [6, 6.07) is 8.50. The van der Waals surface area contributed by atoms with Gasteiger partial charge in [0.1, 0.15) is 24.4 Å². The highest BCUT2D eigenvalue weighted by molar-refractivity contribution is 5.90.